The summed E-state index contributed by atoms with van der Waals surface area (Å²) >= 11 is 6.07. The second-order valence-electron chi connectivity index (χ2n) is 5.91. The number of hydrogen-bond acceptors (Lipinski definition) is 3. The second kappa shape index (κ2) is 8.21. The molecule has 6 heteroatoms. The minimum Gasteiger partial charge on any atom is -0.461 e. The van der Waals surface area contributed by atoms with E-state index in [9.17, 15) is 9.59 Å². The first-order valence-corrected chi connectivity index (χ1v) is 8.63. The van der Waals surface area contributed by atoms with Crippen LogP contribution >= 0.6 is 11.6 Å². The van der Waals surface area contributed by atoms with Crippen LogP contribution in [-0.2, 0) is 16.0 Å². The Bertz CT molecular complexity index is 796. The Morgan fingerprint density at radius 2 is 1.92 bits per heavy atom. The summed E-state index contributed by atoms with van der Waals surface area (Å²) in [6.07, 6.45) is 0.854. The predicted octanol–water partition coefficient (Wildman–Crippen LogP) is 4.34. The molecular weight excluding hydrogens is 340 g/mol. The van der Waals surface area contributed by atoms with Crippen LogP contribution in [0.25, 0.3) is 0 Å². The third-order valence-corrected chi connectivity index (χ3v) is 4.63. The summed E-state index contributed by atoms with van der Waals surface area (Å²) in [6, 6.07) is 5.41. The molecule has 5 nitrogen and oxygen atoms in total. The van der Waals surface area contributed by atoms with E-state index < -0.39 is 0 Å². The molecule has 1 amide bonds. The van der Waals surface area contributed by atoms with Crippen molar-refractivity contribution < 1.29 is 14.3 Å². The highest BCUT2D eigenvalue weighted by Gasteiger charge is 2.19. The van der Waals surface area contributed by atoms with E-state index in [1.807, 2.05) is 26.8 Å². The average Bonchev–Trinajstić information content (AvgIpc) is 2.85. The molecule has 2 aromatic rings. The smallest absolute Gasteiger partial charge is 0.355 e. The number of aryl methyl sites for hydroxylation is 1. The number of ether oxygens (including phenoxy) is 1. The summed E-state index contributed by atoms with van der Waals surface area (Å²) in [5, 5.41) is 3.50. The standard InChI is InChI=1S/C19H23ClN2O3/c1-5-25-19(24)18-11(2)14(13(4)21-18)9-10-17(23)22-16-8-6-7-15(20)12(16)3/h6-8,21H,5,9-10H2,1-4H3,(H,22,23). The lowest BCUT2D eigenvalue weighted by molar-refractivity contribution is -0.116. The SMILES string of the molecule is CCOC(=O)c1[nH]c(C)c(CCC(=O)Nc2cccc(Cl)c2C)c1C. The molecule has 0 aliphatic heterocycles. The van der Waals surface area contributed by atoms with E-state index in [1.54, 1.807) is 19.1 Å². The predicted molar refractivity (Wildman–Crippen MR) is 99.4 cm³/mol. The zero-order chi connectivity index (χ0) is 18.6. The quantitative estimate of drug-likeness (QED) is 0.751. The van der Waals surface area contributed by atoms with Gasteiger partial charge in [-0.3, -0.25) is 4.79 Å². The average molecular weight is 363 g/mol. The number of benzene rings is 1. The van der Waals surface area contributed by atoms with Crippen LogP contribution in [-0.4, -0.2) is 23.5 Å². The van der Waals surface area contributed by atoms with Crippen LogP contribution in [0.3, 0.4) is 0 Å². The molecule has 1 heterocycles. The van der Waals surface area contributed by atoms with Crippen molar-refractivity contribution in [1.82, 2.24) is 4.98 Å². The van der Waals surface area contributed by atoms with Gasteiger partial charge in [0.05, 0.1) is 6.61 Å². The van der Waals surface area contributed by atoms with Gasteiger partial charge in [-0.05, 0) is 62.9 Å². The lowest BCUT2D eigenvalue weighted by atomic mass is 10.0. The lowest BCUT2D eigenvalue weighted by Gasteiger charge is -2.09. The highest BCUT2D eigenvalue weighted by molar-refractivity contribution is 6.31. The Balaban J connectivity index is 2.05. The van der Waals surface area contributed by atoms with E-state index >= 15 is 0 Å². The summed E-state index contributed by atoms with van der Waals surface area (Å²) in [6.45, 7) is 7.72. The van der Waals surface area contributed by atoms with Gasteiger partial charge in [0.15, 0.2) is 0 Å². The van der Waals surface area contributed by atoms with Crippen molar-refractivity contribution >= 4 is 29.2 Å². The van der Waals surface area contributed by atoms with Crippen LogP contribution in [0.5, 0.6) is 0 Å². The van der Waals surface area contributed by atoms with Gasteiger partial charge in [0, 0.05) is 22.8 Å². The molecule has 0 aliphatic rings. The molecule has 2 N–H and O–H groups in total. The maximum Gasteiger partial charge on any atom is 0.355 e. The van der Waals surface area contributed by atoms with Gasteiger partial charge in [0.2, 0.25) is 5.91 Å². The molecule has 25 heavy (non-hydrogen) atoms. The zero-order valence-corrected chi connectivity index (χ0v) is 15.7. The Hall–Kier alpha value is -2.27. The summed E-state index contributed by atoms with van der Waals surface area (Å²) in [5.74, 6) is -0.462. The van der Waals surface area contributed by atoms with Crippen molar-refractivity contribution in [3.63, 3.8) is 0 Å². The number of H-pyrrole nitrogens is 1. The van der Waals surface area contributed by atoms with Crippen LogP contribution in [0, 0.1) is 20.8 Å². The van der Waals surface area contributed by atoms with Crippen LogP contribution in [0.2, 0.25) is 5.02 Å². The number of rotatable bonds is 6. The molecule has 0 bridgehead atoms. The number of amides is 1. The third-order valence-electron chi connectivity index (χ3n) is 4.22. The summed E-state index contributed by atoms with van der Waals surface area (Å²) in [7, 11) is 0. The minimum absolute atomic E-state index is 0.0944. The first kappa shape index (κ1) is 19.1. The fourth-order valence-corrected chi connectivity index (χ4v) is 2.94. The maximum atomic E-state index is 12.3. The Kier molecular flexibility index (Phi) is 6.26. The van der Waals surface area contributed by atoms with Gasteiger partial charge in [-0.1, -0.05) is 17.7 Å². The van der Waals surface area contributed by atoms with E-state index in [4.69, 9.17) is 16.3 Å². The largest absolute Gasteiger partial charge is 0.461 e. The lowest BCUT2D eigenvalue weighted by Crippen LogP contribution is -2.13. The fourth-order valence-electron chi connectivity index (χ4n) is 2.77. The van der Waals surface area contributed by atoms with Crippen LogP contribution in [0.4, 0.5) is 5.69 Å². The van der Waals surface area contributed by atoms with Crippen LogP contribution < -0.4 is 5.32 Å². The molecule has 2 rings (SSSR count). The molecule has 134 valence electrons. The molecule has 1 aromatic carbocycles. The van der Waals surface area contributed by atoms with Crippen molar-refractivity contribution in [1.29, 1.82) is 0 Å². The highest BCUT2D eigenvalue weighted by atomic mass is 35.5. The number of aromatic amines is 1. The summed E-state index contributed by atoms with van der Waals surface area (Å²) in [5.41, 5.74) is 4.71. The molecule has 0 aliphatic carbocycles. The van der Waals surface area contributed by atoms with Crippen molar-refractivity contribution in [2.75, 3.05) is 11.9 Å². The highest BCUT2D eigenvalue weighted by Crippen LogP contribution is 2.24. The van der Waals surface area contributed by atoms with Gasteiger partial charge in [0.25, 0.3) is 0 Å². The van der Waals surface area contributed by atoms with E-state index in [0.717, 1.165) is 22.4 Å². The first-order chi connectivity index (χ1) is 11.8. The van der Waals surface area contributed by atoms with Gasteiger partial charge < -0.3 is 15.0 Å². The number of nitrogens with one attached hydrogen (secondary N) is 2. The van der Waals surface area contributed by atoms with Crippen molar-refractivity contribution in [2.45, 2.75) is 40.5 Å². The fraction of sp³-hybridized carbons (Fsp3) is 0.368. The number of aromatic nitrogens is 1. The zero-order valence-electron chi connectivity index (χ0n) is 15.0. The van der Waals surface area contributed by atoms with Crippen LogP contribution in [0.15, 0.2) is 18.2 Å². The van der Waals surface area contributed by atoms with Gasteiger partial charge in [-0.2, -0.15) is 0 Å². The van der Waals surface area contributed by atoms with E-state index in [-0.39, 0.29) is 11.9 Å². The third kappa shape index (κ3) is 4.42. The molecule has 0 fully saturated rings. The molecule has 0 spiro atoms. The number of esters is 1. The maximum absolute atomic E-state index is 12.3. The second-order valence-corrected chi connectivity index (χ2v) is 6.32. The summed E-state index contributed by atoms with van der Waals surface area (Å²) < 4.78 is 5.04. The summed E-state index contributed by atoms with van der Waals surface area (Å²) in [4.78, 5) is 27.3. The monoisotopic (exact) mass is 362 g/mol. The molecule has 0 saturated carbocycles. The molecule has 0 saturated heterocycles. The van der Waals surface area contributed by atoms with E-state index in [2.05, 4.69) is 10.3 Å². The number of anilines is 1. The number of hydrogen-bond donors (Lipinski definition) is 2. The Morgan fingerprint density at radius 3 is 2.60 bits per heavy atom. The van der Waals surface area contributed by atoms with Gasteiger partial charge in [-0.25, -0.2) is 4.79 Å². The van der Waals surface area contributed by atoms with E-state index in [1.165, 1.54) is 0 Å². The van der Waals surface area contributed by atoms with Gasteiger partial charge >= 0.3 is 5.97 Å². The molecule has 0 unspecified atom stereocenters. The molecule has 0 radical (unpaired) electrons. The van der Waals surface area contributed by atoms with Gasteiger partial charge in [-0.15, -0.1) is 0 Å². The number of carbonyl (C=O) groups excluding carboxylic acids is 2. The molecule has 0 atom stereocenters. The van der Waals surface area contributed by atoms with Crippen molar-refractivity contribution in [3.8, 4) is 0 Å². The Labute approximate surface area is 152 Å². The first-order valence-electron chi connectivity index (χ1n) is 8.25. The molecule has 1 aromatic heterocycles. The minimum atomic E-state index is -0.367. The molecular formula is C19H23ClN2O3. The normalized spacial score (nSPS) is 10.6. The van der Waals surface area contributed by atoms with Crippen LogP contribution in [0.1, 0.15) is 46.2 Å². The topological polar surface area (TPSA) is 71.2 Å². The van der Waals surface area contributed by atoms with Gasteiger partial charge in [0.1, 0.15) is 5.69 Å². The Morgan fingerprint density at radius 1 is 1.20 bits per heavy atom. The van der Waals surface area contributed by atoms with E-state index in [0.29, 0.717) is 35.9 Å². The van der Waals surface area contributed by atoms with Crippen molar-refractivity contribution in [2.24, 2.45) is 0 Å². The number of carbonyl (C=O) groups is 2. The number of halogens is 1. The van der Waals surface area contributed by atoms with Crippen molar-refractivity contribution in [3.05, 3.63) is 51.3 Å².